The number of hydrogen-bond donors (Lipinski definition) is 1. The van der Waals surface area contributed by atoms with Crippen LogP contribution in [0.3, 0.4) is 0 Å². The fourth-order valence-electron chi connectivity index (χ4n) is 2.61. The van der Waals surface area contributed by atoms with Gasteiger partial charge >= 0.3 is 0 Å². The van der Waals surface area contributed by atoms with E-state index < -0.39 is 0 Å². The van der Waals surface area contributed by atoms with Crippen LogP contribution in [0.2, 0.25) is 0 Å². The normalized spacial score (nSPS) is 14.7. The van der Waals surface area contributed by atoms with Crippen molar-refractivity contribution in [2.45, 2.75) is 32.7 Å². The fourth-order valence-corrected chi connectivity index (χ4v) is 2.61. The highest BCUT2D eigenvalue weighted by Gasteiger charge is 2.14. The van der Waals surface area contributed by atoms with Crippen LogP contribution in [-0.4, -0.2) is 33.9 Å². The molecule has 0 spiro atoms. The van der Waals surface area contributed by atoms with E-state index in [1.807, 2.05) is 0 Å². The minimum Gasteiger partial charge on any atom is -0.370 e. The van der Waals surface area contributed by atoms with Gasteiger partial charge in [0.2, 0.25) is 5.91 Å². The van der Waals surface area contributed by atoms with Gasteiger partial charge in [-0.25, -0.2) is 4.68 Å². The molecule has 1 fully saturated rings. The van der Waals surface area contributed by atoms with E-state index in [1.54, 1.807) is 19.2 Å². The van der Waals surface area contributed by atoms with Crippen LogP contribution in [0.4, 0.5) is 11.5 Å². The molecule has 3 rings (SSSR count). The van der Waals surface area contributed by atoms with E-state index in [9.17, 15) is 9.59 Å². The number of anilines is 2. The van der Waals surface area contributed by atoms with Crippen LogP contribution in [0.15, 0.2) is 27.6 Å². The lowest BCUT2D eigenvalue weighted by atomic mass is 10.1. The molecule has 8 nitrogen and oxygen atoms in total. The lowest BCUT2D eigenvalue weighted by Gasteiger charge is -2.28. The molecule has 1 aliphatic rings. The Morgan fingerprint density at radius 3 is 2.74 bits per heavy atom. The highest BCUT2D eigenvalue weighted by molar-refractivity contribution is 5.89. The fraction of sp³-hybridized carbons (Fsp3) is 0.467. The minimum atomic E-state index is -0.376. The molecule has 122 valence electrons. The van der Waals surface area contributed by atoms with Gasteiger partial charge < -0.3 is 14.7 Å². The summed E-state index contributed by atoms with van der Waals surface area (Å²) < 4.78 is 6.00. The van der Waals surface area contributed by atoms with Crippen LogP contribution in [0.1, 0.15) is 25.0 Å². The monoisotopic (exact) mass is 317 g/mol. The smallest absolute Gasteiger partial charge is 0.269 e. The third-order valence-corrected chi connectivity index (χ3v) is 3.77. The van der Waals surface area contributed by atoms with Crippen LogP contribution in [0, 0.1) is 6.92 Å². The standard InChI is InChI=1S/C15H19N5O3/c1-11-7-13(18-23-11)17-14(21)10-20-15(22)8-12(9-16-20)19-5-3-2-4-6-19/h7-9H,2-6,10H2,1H3,(H,17,18,21). The Morgan fingerprint density at radius 2 is 2.09 bits per heavy atom. The summed E-state index contributed by atoms with van der Waals surface area (Å²) in [6.45, 7) is 3.45. The molecular formula is C15H19N5O3. The second kappa shape index (κ2) is 6.64. The molecule has 8 heteroatoms. The van der Waals surface area contributed by atoms with Gasteiger partial charge in [-0.1, -0.05) is 5.16 Å². The van der Waals surface area contributed by atoms with Crippen LogP contribution >= 0.6 is 0 Å². The second-order valence-corrected chi connectivity index (χ2v) is 5.63. The van der Waals surface area contributed by atoms with E-state index in [4.69, 9.17) is 4.52 Å². The summed E-state index contributed by atoms with van der Waals surface area (Å²) in [4.78, 5) is 26.2. The van der Waals surface area contributed by atoms with Crippen molar-refractivity contribution in [3.8, 4) is 0 Å². The van der Waals surface area contributed by atoms with Crippen molar-refractivity contribution in [2.75, 3.05) is 23.3 Å². The average molecular weight is 317 g/mol. The van der Waals surface area contributed by atoms with Gasteiger partial charge in [-0.3, -0.25) is 9.59 Å². The zero-order chi connectivity index (χ0) is 16.2. The first-order valence-corrected chi connectivity index (χ1v) is 7.67. The summed E-state index contributed by atoms with van der Waals surface area (Å²) >= 11 is 0. The highest BCUT2D eigenvalue weighted by atomic mass is 16.5. The first-order chi connectivity index (χ1) is 11.1. The molecule has 23 heavy (non-hydrogen) atoms. The Labute approximate surface area is 133 Å². The quantitative estimate of drug-likeness (QED) is 0.910. The zero-order valence-electron chi connectivity index (χ0n) is 13.0. The van der Waals surface area contributed by atoms with Crippen molar-refractivity contribution >= 4 is 17.4 Å². The third kappa shape index (κ3) is 3.77. The summed E-state index contributed by atoms with van der Waals surface area (Å²) in [6.07, 6.45) is 5.12. The van der Waals surface area contributed by atoms with Crippen molar-refractivity contribution in [2.24, 2.45) is 0 Å². The Kier molecular flexibility index (Phi) is 4.40. The molecule has 2 aromatic rings. The predicted molar refractivity (Wildman–Crippen MR) is 84.4 cm³/mol. The largest absolute Gasteiger partial charge is 0.370 e. The molecule has 1 aliphatic heterocycles. The lowest BCUT2D eigenvalue weighted by molar-refractivity contribution is -0.117. The Balaban J connectivity index is 1.66. The number of carbonyl (C=O) groups is 1. The molecule has 0 aliphatic carbocycles. The van der Waals surface area contributed by atoms with E-state index in [2.05, 4.69) is 20.5 Å². The molecule has 0 unspecified atom stereocenters. The molecule has 3 heterocycles. The topological polar surface area (TPSA) is 93.3 Å². The number of nitrogens with zero attached hydrogens (tertiary/aromatic N) is 4. The number of nitrogens with one attached hydrogen (secondary N) is 1. The predicted octanol–water partition coefficient (Wildman–Crippen LogP) is 1.17. The average Bonchev–Trinajstić information content (AvgIpc) is 2.95. The van der Waals surface area contributed by atoms with Crippen LogP contribution in [-0.2, 0) is 11.3 Å². The summed E-state index contributed by atoms with van der Waals surface area (Å²) in [5, 5.41) is 10.3. The Bertz CT molecular complexity index is 746. The summed E-state index contributed by atoms with van der Waals surface area (Å²) in [5.41, 5.74) is 0.526. The molecule has 0 aromatic carbocycles. The van der Waals surface area contributed by atoms with Gasteiger partial charge in [0.05, 0.1) is 11.9 Å². The molecule has 0 saturated carbocycles. The van der Waals surface area contributed by atoms with Crippen molar-refractivity contribution in [3.05, 3.63) is 34.4 Å². The molecule has 0 atom stereocenters. The number of hydrogen-bond acceptors (Lipinski definition) is 6. The third-order valence-electron chi connectivity index (χ3n) is 3.77. The van der Waals surface area contributed by atoms with Gasteiger partial charge in [0.15, 0.2) is 5.82 Å². The van der Waals surface area contributed by atoms with E-state index in [0.29, 0.717) is 11.6 Å². The summed E-state index contributed by atoms with van der Waals surface area (Å²) in [7, 11) is 0. The van der Waals surface area contributed by atoms with Crippen LogP contribution in [0.25, 0.3) is 0 Å². The first kappa shape index (κ1) is 15.3. The number of aromatic nitrogens is 3. The van der Waals surface area contributed by atoms with Gasteiger partial charge in [-0.05, 0) is 26.2 Å². The number of piperidine rings is 1. The molecule has 0 radical (unpaired) electrons. The Hall–Kier alpha value is -2.64. The highest BCUT2D eigenvalue weighted by Crippen LogP contribution is 2.16. The van der Waals surface area contributed by atoms with Crippen molar-refractivity contribution in [1.29, 1.82) is 0 Å². The molecule has 2 aromatic heterocycles. The van der Waals surface area contributed by atoms with Gasteiger partial charge in [-0.2, -0.15) is 5.10 Å². The van der Waals surface area contributed by atoms with Crippen molar-refractivity contribution in [1.82, 2.24) is 14.9 Å². The molecular weight excluding hydrogens is 298 g/mol. The van der Waals surface area contributed by atoms with E-state index in [1.165, 1.54) is 12.5 Å². The number of carbonyl (C=O) groups excluding carboxylic acids is 1. The maximum Gasteiger partial charge on any atom is 0.269 e. The van der Waals surface area contributed by atoms with Crippen LogP contribution < -0.4 is 15.8 Å². The van der Waals surface area contributed by atoms with E-state index >= 15 is 0 Å². The molecule has 1 amide bonds. The summed E-state index contributed by atoms with van der Waals surface area (Å²) in [5.74, 6) is 0.547. The number of amides is 1. The van der Waals surface area contributed by atoms with Crippen molar-refractivity contribution < 1.29 is 9.32 Å². The lowest BCUT2D eigenvalue weighted by Crippen LogP contribution is -2.33. The second-order valence-electron chi connectivity index (χ2n) is 5.63. The SMILES string of the molecule is Cc1cc(NC(=O)Cn2ncc(N3CCCCC3)cc2=O)no1. The number of aryl methyl sites for hydroxylation is 1. The van der Waals surface area contributed by atoms with Gasteiger partial charge in [0, 0.05) is 25.2 Å². The maximum absolute atomic E-state index is 12.1. The summed E-state index contributed by atoms with van der Waals surface area (Å²) in [6, 6.07) is 3.14. The Morgan fingerprint density at radius 1 is 1.30 bits per heavy atom. The van der Waals surface area contributed by atoms with E-state index in [-0.39, 0.29) is 18.0 Å². The van der Waals surface area contributed by atoms with Gasteiger partial charge in [0.25, 0.3) is 5.56 Å². The molecule has 1 N–H and O–H groups in total. The zero-order valence-corrected chi connectivity index (χ0v) is 13.0. The van der Waals surface area contributed by atoms with Gasteiger partial charge in [0.1, 0.15) is 12.3 Å². The first-order valence-electron chi connectivity index (χ1n) is 7.67. The molecule has 0 bridgehead atoms. The van der Waals surface area contributed by atoms with Crippen molar-refractivity contribution in [3.63, 3.8) is 0 Å². The van der Waals surface area contributed by atoms with E-state index in [0.717, 1.165) is 36.3 Å². The maximum atomic E-state index is 12.1. The van der Waals surface area contributed by atoms with Gasteiger partial charge in [-0.15, -0.1) is 0 Å². The minimum absolute atomic E-state index is 0.162. The molecule has 1 saturated heterocycles. The number of rotatable bonds is 4. The van der Waals surface area contributed by atoms with Crippen LogP contribution in [0.5, 0.6) is 0 Å².